The Bertz CT molecular complexity index is 974. The SMILES string of the molecule is COCCN1C(=O)N[C@@](Cc2ccc(F)cc2)(C2CCN(Cc3ccc(O)cc3)CC2)C1=O. The highest BCUT2D eigenvalue weighted by molar-refractivity contribution is 6.07. The molecule has 2 aromatic carbocycles. The highest BCUT2D eigenvalue weighted by atomic mass is 19.1. The summed E-state index contributed by atoms with van der Waals surface area (Å²) in [4.78, 5) is 29.9. The van der Waals surface area contributed by atoms with Crippen LogP contribution in [-0.4, -0.2) is 65.7 Å². The van der Waals surface area contributed by atoms with E-state index in [2.05, 4.69) is 10.2 Å². The minimum atomic E-state index is -1.05. The molecule has 0 aromatic heterocycles. The molecule has 0 unspecified atom stereocenters. The van der Waals surface area contributed by atoms with Gasteiger partial charge in [-0.05, 0) is 67.2 Å². The van der Waals surface area contributed by atoms with E-state index in [1.165, 1.54) is 24.1 Å². The molecule has 0 spiro atoms. The highest BCUT2D eigenvalue weighted by Gasteiger charge is 2.55. The molecule has 0 bridgehead atoms. The zero-order valence-electron chi connectivity index (χ0n) is 18.8. The van der Waals surface area contributed by atoms with Crippen molar-refractivity contribution in [3.8, 4) is 5.75 Å². The largest absolute Gasteiger partial charge is 0.508 e. The van der Waals surface area contributed by atoms with Gasteiger partial charge < -0.3 is 15.2 Å². The van der Waals surface area contributed by atoms with E-state index >= 15 is 0 Å². The van der Waals surface area contributed by atoms with Gasteiger partial charge in [0.1, 0.15) is 17.1 Å². The van der Waals surface area contributed by atoms with Crippen LogP contribution < -0.4 is 5.32 Å². The summed E-state index contributed by atoms with van der Waals surface area (Å²) in [5.41, 5.74) is 0.876. The van der Waals surface area contributed by atoms with Gasteiger partial charge in [0.15, 0.2) is 0 Å². The third kappa shape index (κ3) is 5.02. The van der Waals surface area contributed by atoms with Crippen LogP contribution in [0.25, 0.3) is 0 Å². The molecule has 3 amide bonds. The van der Waals surface area contributed by atoms with Gasteiger partial charge in [-0.2, -0.15) is 0 Å². The van der Waals surface area contributed by atoms with Gasteiger partial charge in [-0.3, -0.25) is 14.6 Å². The fourth-order valence-electron chi connectivity index (χ4n) is 4.94. The molecule has 0 aliphatic carbocycles. The number of carbonyl (C=O) groups excluding carboxylic acids is 2. The van der Waals surface area contributed by atoms with Crippen LogP contribution in [0.2, 0.25) is 0 Å². The molecule has 7 nitrogen and oxygen atoms in total. The van der Waals surface area contributed by atoms with E-state index in [1.807, 2.05) is 12.1 Å². The number of hydrogen-bond acceptors (Lipinski definition) is 5. The fraction of sp³-hybridized carbons (Fsp3) is 0.440. The van der Waals surface area contributed by atoms with Crippen molar-refractivity contribution >= 4 is 11.9 Å². The van der Waals surface area contributed by atoms with Gasteiger partial charge >= 0.3 is 6.03 Å². The Kier molecular flexibility index (Phi) is 6.95. The Morgan fingerprint density at radius 1 is 1.06 bits per heavy atom. The number of piperidine rings is 1. The van der Waals surface area contributed by atoms with Crippen LogP contribution in [0.1, 0.15) is 24.0 Å². The van der Waals surface area contributed by atoms with Gasteiger partial charge in [0, 0.05) is 20.1 Å². The Balaban J connectivity index is 1.51. The van der Waals surface area contributed by atoms with Crippen molar-refractivity contribution in [1.29, 1.82) is 0 Å². The van der Waals surface area contributed by atoms with Crippen LogP contribution in [0.5, 0.6) is 5.75 Å². The van der Waals surface area contributed by atoms with Gasteiger partial charge in [-0.15, -0.1) is 0 Å². The molecule has 4 rings (SSSR count). The van der Waals surface area contributed by atoms with Crippen molar-refractivity contribution in [2.45, 2.75) is 31.3 Å². The maximum absolute atomic E-state index is 13.6. The molecular weight excluding hydrogens is 425 g/mol. The fourth-order valence-corrected chi connectivity index (χ4v) is 4.94. The monoisotopic (exact) mass is 455 g/mol. The molecule has 8 heteroatoms. The molecule has 0 radical (unpaired) electrons. The summed E-state index contributed by atoms with van der Waals surface area (Å²) >= 11 is 0. The zero-order valence-corrected chi connectivity index (χ0v) is 18.8. The van der Waals surface area contributed by atoms with Crippen molar-refractivity contribution < 1.29 is 23.8 Å². The zero-order chi connectivity index (χ0) is 23.4. The number of hydrogen-bond donors (Lipinski definition) is 2. The lowest BCUT2D eigenvalue weighted by atomic mass is 9.74. The number of nitrogens with one attached hydrogen (secondary N) is 1. The van der Waals surface area contributed by atoms with Crippen molar-refractivity contribution in [2.75, 3.05) is 33.4 Å². The number of methoxy groups -OCH3 is 1. The first kappa shape index (κ1) is 23.2. The van der Waals surface area contributed by atoms with Gasteiger partial charge in [0.2, 0.25) is 0 Å². The van der Waals surface area contributed by atoms with Crippen LogP contribution in [0.4, 0.5) is 9.18 Å². The minimum absolute atomic E-state index is 0.0392. The number of halogens is 1. The topological polar surface area (TPSA) is 82.1 Å². The molecule has 2 fully saturated rings. The van der Waals surface area contributed by atoms with E-state index in [0.29, 0.717) is 6.42 Å². The summed E-state index contributed by atoms with van der Waals surface area (Å²) < 4.78 is 18.5. The standard InChI is InChI=1S/C25H30FN3O4/c1-33-15-14-29-23(31)25(27-24(29)32,16-18-2-6-21(26)7-3-18)20-10-12-28(13-11-20)17-19-4-8-22(30)9-5-19/h2-9,20,30H,10-17H2,1H3,(H,27,32)/t25-/m0/s1. The van der Waals surface area contributed by atoms with Crippen molar-refractivity contribution in [1.82, 2.24) is 15.1 Å². The summed E-state index contributed by atoms with van der Waals surface area (Å²) in [7, 11) is 1.54. The third-order valence-corrected chi connectivity index (χ3v) is 6.74. The van der Waals surface area contributed by atoms with Gasteiger partial charge in [0.25, 0.3) is 5.91 Å². The lowest BCUT2D eigenvalue weighted by Crippen LogP contribution is -2.57. The van der Waals surface area contributed by atoms with Gasteiger partial charge in [0.05, 0.1) is 13.2 Å². The highest BCUT2D eigenvalue weighted by Crippen LogP contribution is 2.37. The first-order chi connectivity index (χ1) is 15.9. The number of carbonyl (C=O) groups is 2. The number of benzene rings is 2. The maximum Gasteiger partial charge on any atom is 0.325 e. The molecule has 2 aliphatic heterocycles. The summed E-state index contributed by atoms with van der Waals surface area (Å²) in [5, 5.41) is 12.5. The summed E-state index contributed by atoms with van der Waals surface area (Å²) in [6.07, 6.45) is 1.83. The number of nitrogens with zero attached hydrogens (tertiary/aromatic N) is 2. The lowest BCUT2D eigenvalue weighted by molar-refractivity contribution is -0.134. The molecule has 0 saturated carbocycles. The second-order valence-electron chi connectivity index (χ2n) is 8.87. The number of urea groups is 1. The number of imide groups is 1. The first-order valence-corrected chi connectivity index (χ1v) is 11.3. The molecule has 1 atom stereocenters. The minimum Gasteiger partial charge on any atom is -0.508 e. The molecule has 2 saturated heterocycles. The molecule has 176 valence electrons. The number of likely N-dealkylation sites (tertiary alicyclic amines) is 1. The normalized spacial score (nSPS) is 22.1. The number of rotatable bonds is 8. The van der Waals surface area contributed by atoms with Gasteiger partial charge in [-0.25, -0.2) is 9.18 Å². The Morgan fingerprint density at radius 2 is 1.70 bits per heavy atom. The number of amides is 3. The number of ether oxygens (including phenoxy) is 1. The predicted octanol–water partition coefficient (Wildman–Crippen LogP) is 2.92. The van der Waals surface area contributed by atoms with E-state index in [1.54, 1.807) is 24.3 Å². The second-order valence-corrected chi connectivity index (χ2v) is 8.87. The van der Waals surface area contributed by atoms with Crippen molar-refractivity contribution in [2.24, 2.45) is 5.92 Å². The van der Waals surface area contributed by atoms with E-state index < -0.39 is 11.6 Å². The summed E-state index contributed by atoms with van der Waals surface area (Å²) in [6, 6.07) is 12.9. The summed E-state index contributed by atoms with van der Waals surface area (Å²) in [6.45, 7) is 2.82. The van der Waals surface area contributed by atoms with Gasteiger partial charge in [-0.1, -0.05) is 24.3 Å². The Morgan fingerprint density at radius 3 is 2.33 bits per heavy atom. The van der Waals surface area contributed by atoms with Crippen molar-refractivity contribution in [3.63, 3.8) is 0 Å². The average Bonchev–Trinajstić information content (AvgIpc) is 3.05. The molecule has 2 aliphatic rings. The number of aromatic hydroxyl groups is 1. The van der Waals surface area contributed by atoms with E-state index in [-0.39, 0.29) is 36.5 Å². The molecule has 2 N–H and O–H groups in total. The average molecular weight is 456 g/mol. The van der Waals surface area contributed by atoms with Crippen LogP contribution in [0, 0.1) is 11.7 Å². The second kappa shape index (κ2) is 9.89. The predicted molar refractivity (Wildman–Crippen MR) is 121 cm³/mol. The van der Waals surface area contributed by atoms with E-state index in [0.717, 1.165) is 43.6 Å². The summed E-state index contributed by atoms with van der Waals surface area (Å²) in [5.74, 6) is -0.360. The maximum atomic E-state index is 13.6. The Hall–Kier alpha value is -2.97. The first-order valence-electron chi connectivity index (χ1n) is 11.3. The molecule has 33 heavy (non-hydrogen) atoms. The Labute approximate surface area is 193 Å². The van der Waals surface area contributed by atoms with Crippen LogP contribution in [0.15, 0.2) is 48.5 Å². The molecule has 2 aromatic rings. The van der Waals surface area contributed by atoms with E-state index in [9.17, 15) is 19.1 Å². The number of phenols is 1. The quantitative estimate of drug-likeness (QED) is 0.598. The smallest absolute Gasteiger partial charge is 0.325 e. The number of phenolic OH excluding ortho intramolecular Hbond substituents is 1. The van der Waals surface area contributed by atoms with Crippen molar-refractivity contribution in [3.05, 3.63) is 65.5 Å². The van der Waals surface area contributed by atoms with Crippen LogP contribution in [0.3, 0.4) is 0 Å². The molecule has 2 heterocycles. The van der Waals surface area contributed by atoms with Crippen LogP contribution in [-0.2, 0) is 22.5 Å². The third-order valence-electron chi connectivity index (χ3n) is 6.74. The van der Waals surface area contributed by atoms with Crippen LogP contribution >= 0.6 is 0 Å². The molecular formula is C25H30FN3O4. The lowest BCUT2D eigenvalue weighted by Gasteiger charge is -2.41. The van der Waals surface area contributed by atoms with E-state index in [4.69, 9.17) is 4.74 Å².